The minimum atomic E-state index is -0.581. The highest BCUT2D eigenvalue weighted by molar-refractivity contribution is 6.05. The zero-order chi connectivity index (χ0) is 20.4. The van der Waals surface area contributed by atoms with Crippen LogP contribution >= 0.6 is 0 Å². The van der Waals surface area contributed by atoms with Gasteiger partial charge in [0.15, 0.2) is 0 Å². The minimum Gasteiger partial charge on any atom is -0.379 e. The minimum absolute atomic E-state index is 0.249. The van der Waals surface area contributed by atoms with E-state index in [1.807, 2.05) is 6.07 Å². The maximum Gasteiger partial charge on any atom is 0.333 e. The first kappa shape index (κ1) is 19.2. The molecule has 1 aliphatic heterocycles. The fourth-order valence-electron chi connectivity index (χ4n) is 3.60. The summed E-state index contributed by atoms with van der Waals surface area (Å²) in [7, 11) is 1.68. The topological polar surface area (TPSA) is 101 Å². The summed E-state index contributed by atoms with van der Waals surface area (Å²) in [4.78, 5) is 43.2. The summed E-state index contributed by atoms with van der Waals surface area (Å²) in [5, 5.41) is 2.87. The molecule has 3 aromatic rings. The molecular formula is C20H23N5O4. The number of benzene rings is 1. The Morgan fingerprint density at radius 1 is 1.17 bits per heavy atom. The van der Waals surface area contributed by atoms with Crippen LogP contribution in [0, 0.1) is 0 Å². The Balaban J connectivity index is 1.62. The second-order valence-corrected chi connectivity index (χ2v) is 6.99. The summed E-state index contributed by atoms with van der Waals surface area (Å²) in [5.41, 5.74) is 0.217. The predicted octanol–water partition coefficient (Wildman–Crippen LogP) is 0.0795. The number of nitrogens with zero attached hydrogens (tertiary/aromatic N) is 3. The summed E-state index contributed by atoms with van der Waals surface area (Å²) in [6, 6.07) is 8.69. The van der Waals surface area contributed by atoms with E-state index in [0.717, 1.165) is 24.2 Å². The van der Waals surface area contributed by atoms with Crippen LogP contribution < -0.4 is 16.6 Å². The molecule has 1 saturated heterocycles. The van der Waals surface area contributed by atoms with Crippen LogP contribution in [0.1, 0.15) is 10.4 Å². The molecule has 152 valence electrons. The van der Waals surface area contributed by atoms with Gasteiger partial charge >= 0.3 is 5.69 Å². The highest BCUT2D eigenvalue weighted by atomic mass is 16.5. The van der Waals surface area contributed by atoms with Crippen molar-refractivity contribution in [2.24, 2.45) is 7.05 Å². The van der Waals surface area contributed by atoms with Crippen LogP contribution in [0.5, 0.6) is 0 Å². The average Bonchev–Trinajstić information content (AvgIpc) is 3.06. The van der Waals surface area contributed by atoms with Crippen LogP contribution in [0.3, 0.4) is 0 Å². The van der Waals surface area contributed by atoms with Gasteiger partial charge in [-0.25, -0.2) is 9.36 Å². The zero-order valence-corrected chi connectivity index (χ0v) is 16.2. The molecule has 1 amide bonds. The highest BCUT2D eigenvalue weighted by Crippen LogP contribution is 2.15. The number of carbonyl (C=O) groups is 1. The number of carbonyl (C=O) groups excluding carboxylic acids is 1. The first-order valence-electron chi connectivity index (χ1n) is 9.54. The number of H-pyrrole nitrogens is 1. The van der Waals surface area contributed by atoms with Crippen LogP contribution in [0.4, 0.5) is 0 Å². The molecule has 0 aliphatic carbocycles. The number of para-hydroxylation sites is 1. The molecular weight excluding hydrogens is 374 g/mol. The first-order chi connectivity index (χ1) is 14.1. The molecule has 9 heteroatoms. The molecule has 9 nitrogen and oxygen atoms in total. The molecule has 4 rings (SSSR count). The number of hydrogen-bond donors (Lipinski definition) is 2. The van der Waals surface area contributed by atoms with Gasteiger partial charge in [-0.05, 0) is 12.1 Å². The van der Waals surface area contributed by atoms with Gasteiger partial charge in [0.05, 0.1) is 30.0 Å². The Morgan fingerprint density at radius 3 is 2.62 bits per heavy atom. The molecule has 3 heterocycles. The number of amides is 1. The molecule has 1 aliphatic rings. The summed E-state index contributed by atoms with van der Waals surface area (Å²) >= 11 is 0. The van der Waals surface area contributed by atoms with E-state index in [2.05, 4.69) is 15.2 Å². The maximum absolute atomic E-state index is 13.0. The van der Waals surface area contributed by atoms with Crippen molar-refractivity contribution >= 4 is 16.9 Å². The van der Waals surface area contributed by atoms with E-state index in [4.69, 9.17) is 4.74 Å². The molecule has 1 fully saturated rings. The van der Waals surface area contributed by atoms with E-state index >= 15 is 0 Å². The molecule has 2 N–H and O–H groups in total. The molecule has 0 atom stereocenters. The fraction of sp³-hybridized carbons (Fsp3) is 0.350. The van der Waals surface area contributed by atoms with Crippen LogP contribution in [-0.4, -0.2) is 64.3 Å². The van der Waals surface area contributed by atoms with E-state index in [0.29, 0.717) is 25.4 Å². The summed E-state index contributed by atoms with van der Waals surface area (Å²) < 4.78 is 7.96. The molecule has 0 bridgehead atoms. The van der Waals surface area contributed by atoms with Crippen molar-refractivity contribution in [3.05, 3.63) is 62.9 Å². The zero-order valence-electron chi connectivity index (χ0n) is 16.2. The lowest BCUT2D eigenvalue weighted by Crippen LogP contribution is -2.41. The molecule has 1 aromatic carbocycles. The van der Waals surface area contributed by atoms with Gasteiger partial charge in [0.2, 0.25) is 0 Å². The average molecular weight is 397 g/mol. The van der Waals surface area contributed by atoms with Crippen molar-refractivity contribution in [1.29, 1.82) is 0 Å². The van der Waals surface area contributed by atoms with Crippen molar-refractivity contribution in [2.75, 3.05) is 39.4 Å². The fourth-order valence-corrected chi connectivity index (χ4v) is 3.60. The number of nitrogens with one attached hydrogen (secondary N) is 2. The third-order valence-corrected chi connectivity index (χ3v) is 5.10. The van der Waals surface area contributed by atoms with Crippen molar-refractivity contribution in [2.45, 2.75) is 0 Å². The summed E-state index contributed by atoms with van der Waals surface area (Å²) in [5.74, 6) is -0.323. The maximum atomic E-state index is 13.0. The number of aryl methyl sites for hydroxylation is 1. The number of fused-ring (bicyclic) bond motifs is 1. The number of ether oxygens (including phenoxy) is 1. The monoisotopic (exact) mass is 397 g/mol. The van der Waals surface area contributed by atoms with E-state index in [-0.39, 0.29) is 22.5 Å². The normalized spacial score (nSPS) is 14.9. The van der Waals surface area contributed by atoms with E-state index in [1.54, 1.807) is 42.1 Å². The third-order valence-electron chi connectivity index (χ3n) is 5.10. The number of morpholine rings is 1. The number of aromatic amines is 1. The highest BCUT2D eigenvalue weighted by Gasteiger charge is 2.20. The second kappa shape index (κ2) is 8.06. The van der Waals surface area contributed by atoms with Gasteiger partial charge in [-0.3, -0.25) is 14.5 Å². The molecule has 0 radical (unpaired) electrons. The Bertz CT molecular complexity index is 1140. The van der Waals surface area contributed by atoms with Crippen LogP contribution in [-0.2, 0) is 11.8 Å². The summed E-state index contributed by atoms with van der Waals surface area (Å²) in [6.07, 6.45) is 1.57. The van der Waals surface area contributed by atoms with Gasteiger partial charge in [0.25, 0.3) is 11.5 Å². The smallest absolute Gasteiger partial charge is 0.333 e. The van der Waals surface area contributed by atoms with E-state index < -0.39 is 11.2 Å². The lowest BCUT2D eigenvalue weighted by molar-refractivity contribution is 0.0383. The van der Waals surface area contributed by atoms with Crippen molar-refractivity contribution < 1.29 is 9.53 Å². The van der Waals surface area contributed by atoms with E-state index in [9.17, 15) is 14.4 Å². The first-order valence-corrected chi connectivity index (χ1v) is 9.54. The second-order valence-electron chi connectivity index (χ2n) is 6.99. The predicted molar refractivity (Wildman–Crippen MR) is 109 cm³/mol. The molecule has 0 spiro atoms. The Labute approximate surface area is 166 Å². The van der Waals surface area contributed by atoms with Crippen LogP contribution in [0.25, 0.3) is 16.7 Å². The van der Waals surface area contributed by atoms with Crippen molar-refractivity contribution in [1.82, 2.24) is 24.3 Å². The van der Waals surface area contributed by atoms with Gasteiger partial charge in [0, 0.05) is 39.4 Å². The molecule has 0 unspecified atom stereocenters. The third kappa shape index (κ3) is 3.74. The Kier molecular flexibility index (Phi) is 5.32. The van der Waals surface area contributed by atoms with Crippen molar-refractivity contribution in [3.8, 4) is 5.69 Å². The van der Waals surface area contributed by atoms with Gasteiger partial charge in [-0.2, -0.15) is 0 Å². The Hall–Kier alpha value is -3.17. The van der Waals surface area contributed by atoms with Crippen LogP contribution in [0.2, 0.25) is 0 Å². The lowest BCUT2D eigenvalue weighted by atomic mass is 10.2. The van der Waals surface area contributed by atoms with Crippen molar-refractivity contribution in [3.63, 3.8) is 0 Å². The van der Waals surface area contributed by atoms with Gasteiger partial charge < -0.3 is 19.6 Å². The summed E-state index contributed by atoms with van der Waals surface area (Å²) in [6.45, 7) is 4.28. The standard InChI is InChI=1S/C20H23N5O4/c1-23-13-15(18(26)21-7-8-24-9-11-29-12-10-24)16-17(23)19(27)25(20(28)22-16)14-5-3-2-4-6-14/h2-6,13H,7-12H2,1H3,(H,21,26)(H,22,28). The Morgan fingerprint density at radius 2 is 1.90 bits per heavy atom. The van der Waals surface area contributed by atoms with E-state index in [1.165, 1.54) is 0 Å². The van der Waals surface area contributed by atoms with Gasteiger partial charge in [-0.1, -0.05) is 18.2 Å². The lowest BCUT2D eigenvalue weighted by Gasteiger charge is -2.26. The number of rotatable bonds is 5. The molecule has 0 saturated carbocycles. The quantitative estimate of drug-likeness (QED) is 0.635. The largest absolute Gasteiger partial charge is 0.379 e. The van der Waals surface area contributed by atoms with Gasteiger partial charge in [-0.15, -0.1) is 0 Å². The van der Waals surface area contributed by atoms with Gasteiger partial charge in [0.1, 0.15) is 5.52 Å². The number of hydrogen-bond acceptors (Lipinski definition) is 5. The van der Waals surface area contributed by atoms with Crippen LogP contribution in [0.15, 0.2) is 46.1 Å². The molecule has 2 aromatic heterocycles. The number of aromatic nitrogens is 3. The SMILES string of the molecule is Cn1cc(C(=O)NCCN2CCOCC2)c2[nH]c(=O)n(-c3ccccc3)c(=O)c21. The molecule has 29 heavy (non-hydrogen) atoms.